The fourth-order valence-corrected chi connectivity index (χ4v) is 2.78. The zero-order valence-electron chi connectivity index (χ0n) is 14.1. The van der Waals surface area contributed by atoms with Crippen molar-refractivity contribution in [3.05, 3.63) is 54.2 Å². The first-order valence-corrected chi connectivity index (χ1v) is 8.43. The lowest BCUT2D eigenvalue weighted by Crippen LogP contribution is -2.49. The zero-order valence-corrected chi connectivity index (χ0v) is 14.1. The molecule has 1 fully saturated rings. The number of piperazine rings is 1. The van der Waals surface area contributed by atoms with Crippen molar-refractivity contribution in [1.29, 1.82) is 0 Å². The SMILES string of the molecule is O=C(CCN1CCN(C(=O)c2ccco2)CC1)NCc1ccncc1. The van der Waals surface area contributed by atoms with Gasteiger partial charge < -0.3 is 14.6 Å². The average Bonchev–Trinajstić information content (AvgIpc) is 3.20. The fourth-order valence-electron chi connectivity index (χ4n) is 2.78. The molecule has 3 heterocycles. The maximum absolute atomic E-state index is 12.2. The highest BCUT2D eigenvalue weighted by Gasteiger charge is 2.23. The van der Waals surface area contributed by atoms with Gasteiger partial charge in [-0.15, -0.1) is 0 Å². The molecule has 2 aromatic heterocycles. The van der Waals surface area contributed by atoms with Gasteiger partial charge in [0.1, 0.15) is 0 Å². The Labute approximate surface area is 146 Å². The van der Waals surface area contributed by atoms with E-state index in [1.165, 1.54) is 6.26 Å². The summed E-state index contributed by atoms with van der Waals surface area (Å²) in [5, 5.41) is 2.91. The van der Waals surface area contributed by atoms with Crippen LogP contribution in [0.1, 0.15) is 22.5 Å². The van der Waals surface area contributed by atoms with E-state index >= 15 is 0 Å². The molecule has 1 N–H and O–H groups in total. The number of carbonyl (C=O) groups is 2. The summed E-state index contributed by atoms with van der Waals surface area (Å²) in [6, 6.07) is 7.17. The van der Waals surface area contributed by atoms with Crippen molar-refractivity contribution < 1.29 is 14.0 Å². The lowest BCUT2D eigenvalue weighted by atomic mass is 10.2. The van der Waals surface area contributed by atoms with Gasteiger partial charge in [-0.2, -0.15) is 0 Å². The first-order valence-electron chi connectivity index (χ1n) is 8.43. The van der Waals surface area contributed by atoms with Gasteiger partial charge in [-0.05, 0) is 29.8 Å². The maximum atomic E-state index is 12.2. The molecule has 0 spiro atoms. The number of amides is 2. The third kappa shape index (κ3) is 4.90. The lowest BCUT2D eigenvalue weighted by molar-refractivity contribution is -0.121. The van der Waals surface area contributed by atoms with Crippen molar-refractivity contribution >= 4 is 11.8 Å². The second-order valence-corrected chi connectivity index (χ2v) is 5.99. The number of pyridine rings is 1. The fraction of sp³-hybridized carbons (Fsp3) is 0.389. The van der Waals surface area contributed by atoms with Gasteiger partial charge in [0.25, 0.3) is 5.91 Å². The van der Waals surface area contributed by atoms with Gasteiger partial charge in [0.2, 0.25) is 5.91 Å². The number of rotatable bonds is 6. The number of nitrogens with one attached hydrogen (secondary N) is 1. The molecule has 7 heteroatoms. The van der Waals surface area contributed by atoms with E-state index in [-0.39, 0.29) is 11.8 Å². The summed E-state index contributed by atoms with van der Waals surface area (Å²) in [5.41, 5.74) is 1.04. The number of carbonyl (C=O) groups excluding carboxylic acids is 2. The molecule has 0 unspecified atom stereocenters. The summed E-state index contributed by atoms with van der Waals surface area (Å²) in [6.45, 7) is 4.06. The molecule has 0 atom stereocenters. The predicted molar refractivity (Wildman–Crippen MR) is 91.8 cm³/mol. The molecule has 7 nitrogen and oxygen atoms in total. The second kappa shape index (κ2) is 8.43. The number of nitrogens with zero attached hydrogens (tertiary/aromatic N) is 3. The number of hydrogen-bond donors (Lipinski definition) is 1. The Morgan fingerprint density at radius 1 is 1.12 bits per heavy atom. The summed E-state index contributed by atoms with van der Waals surface area (Å²) >= 11 is 0. The Hall–Kier alpha value is -2.67. The third-order valence-electron chi connectivity index (χ3n) is 4.29. The molecule has 1 aliphatic rings. The molecule has 2 amide bonds. The molecule has 0 aliphatic carbocycles. The van der Waals surface area contributed by atoms with E-state index in [4.69, 9.17) is 4.42 Å². The quantitative estimate of drug-likeness (QED) is 0.852. The zero-order chi connectivity index (χ0) is 17.5. The van der Waals surface area contributed by atoms with Gasteiger partial charge in [-0.1, -0.05) is 0 Å². The molecular weight excluding hydrogens is 320 g/mol. The monoisotopic (exact) mass is 342 g/mol. The van der Waals surface area contributed by atoms with E-state index in [1.54, 1.807) is 29.4 Å². The van der Waals surface area contributed by atoms with Gasteiger partial charge in [-0.25, -0.2) is 0 Å². The van der Waals surface area contributed by atoms with Crippen molar-refractivity contribution in [2.45, 2.75) is 13.0 Å². The van der Waals surface area contributed by atoms with Crippen molar-refractivity contribution in [1.82, 2.24) is 20.1 Å². The van der Waals surface area contributed by atoms with E-state index < -0.39 is 0 Å². The lowest BCUT2D eigenvalue weighted by Gasteiger charge is -2.34. The molecule has 0 bridgehead atoms. The predicted octanol–water partition coefficient (Wildman–Crippen LogP) is 1.14. The Morgan fingerprint density at radius 3 is 2.56 bits per heavy atom. The topological polar surface area (TPSA) is 78.7 Å². The van der Waals surface area contributed by atoms with Crippen LogP contribution in [-0.2, 0) is 11.3 Å². The minimum atomic E-state index is -0.0697. The number of hydrogen-bond acceptors (Lipinski definition) is 5. The normalized spacial score (nSPS) is 15.1. The maximum Gasteiger partial charge on any atom is 0.289 e. The Morgan fingerprint density at radius 2 is 1.88 bits per heavy atom. The van der Waals surface area contributed by atoms with Crippen LogP contribution >= 0.6 is 0 Å². The number of furan rings is 1. The van der Waals surface area contributed by atoms with Gasteiger partial charge >= 0.3 is 0 Å². The molecule has 0 aromatic carbocycles. The molecule has 132 valence electrons. The first-order chi connectivity index (χ1) is 12.2. The Kier molecular flexibility index (Phi) is 5.79. The van der Waals surface area contributed by atoms with Gasteiger partial charge in [0.05, 0.1) is 6.26 Å². The summed E-state index contributed by atoms with van der Waals surface area (Å²) in [4.78, 5) is 32.1. The van der Waals surface area contributed by atoms with Crippen LogP contribution in [0.15, 0.2) is 47.3 Å². The van der Waals surface area contributed by atoms with Gasteiger partial charge in [0.15, 0.2) is 5.76 Å². The Bertz CT molecular complexity index is 680. The van der Waals surface area contributed by atoms with Crippen LogP contribution in [0.3, 0.4) is 0 Å². The van der Waals surface area contributed by atoms with E-state index in [1.807, 2.05) is 12.1 Å². The smallest absolute Gasteiger partial charge is 0.289 e. The standard InChI is InChI=1S/C18H22N4O3/c23-17(20-14-15-3-6-19-7-4-15)5-8-21-9-11-22(12-10-21)18(24)16-2-1-13-25-16/h1-4,6-7,13H,5,8-12,14H2,(H,20,23). The van der Waals surface area contributed by atoms with Crippen LogP contribution in [0, 0.1) is 0 Å². The molecule has 0 radical (unpaired) electrons. The van der Waals surface area contributed by atoms with Crippen LogP contribution < -0.4 is 5.32 Å². The van der Waals surface area contributed by atoms with Crippen molar-refractivity contribution in [2.75, 3.05) is 32.7 Å². The van der Waals surface area contributed by atoms with Crippen LogP contribution in [0.2, 0.25) is 0 Å². The van der Waals surface area contributed by atoms with Crippen molar-refractivity contribution in [2.24, 2.45) is 0 Å². The van der Waals surface area contributed by atoms with Crippen molar-refractivity contribution in [3.8, 4) is 0 Å². The second-order valence-electron chi connectivity index (χ2n) is 5.99. The summed E-state index contributed by atoms with van der Waals surface area (Å²) < 4.78 is 5.16. The molecule has 3 rings (SSSR count). The summed E-state index contributed by atoms with van der Waals surface area (Å²) in [7, 11) is 0. The van der Waals surface area contributed by atoms with E-state index in [2.05, 4.69) is 15.2 Å². The van der Waals surface area contributed by atoms with Gasteiger partial charge in [0, 0.05) is 58.1 Å². The molecule has 0 saturated carbocycles. The molecule has 25 heavy (non-hydrogen) atoms. The highest BCUT2D eigenvalue weighted by atomic mass is 16.3. The van der Waals surface area contributed by atoms with E-state index in [0.29, 0.717) is 38.4 Å². The minimum Gasteiger partial charge on any atom is -0.459 e. The molecular formula is C18H22N4O3. The minimum absolute atomic E-state index is 0.0332. The van der Waals surface area contributed by atoms with Crippen LogP contribution in [0.4, 0.5) is 0 Å². The average molecular weight is 342 g/mol. The summed E-state index contributed by atoms with van der Waals surface area (Å²) in [6.07, 6.45) is 5.39. The third-order valence-corrected chi connectivity index (χ3v) is 4.29. The van der Waals surface area contributed by atoms with E-state index in [0.717, 1.165) is 18.7 Å². The van der Waals surface area contributed by atoms with Crippen LogP contribution in [0.25, 0.3) is 0 Å². The summed E-state index contributed by atoms with van der Waals surface area (Å²) in [5.74, 6) is 0.342. The molecule has 1 aliphatic heterocycles. The highest BCUT2D eigenvalue weighted by molar-refractivity contribution is 5.91. The van der Waals surface area contributed by atoms with E-state index in [9.17, 15) is 9.59 Å². The number of aromatic nitrogens is 1. The largest absolute Gasteiger partial charge is 0.459 e. The van der Waals surface area contributed by atoms with Crippen LogP contribution in [0.5, 0.6) is 0 Å². The highest BCUT2D eigenvalue weighted by Crippen LogP contribution is 2.09. The van der Waals surface area contributed by atoms with Crippen molar-refractivity contribution in [3.63, 3.8) is 0 Å². The molecule has 2 aromatic rings. The Balaban J connectivity index is 1.35. The first kappa shape index (κ1) is 17.2. The van der Waals surface area contributed by atoms with Crippen LogP contribution in [-0.4, -0.2) is 59.3 Å². The van der Waals surface area contributed by atoms with Gasteiger partial charge in [-0.3, -0.25) is 19.5 Å². The molecule has 1 saturated heterocycles.